The summed E-state index contributed by atoms with van der Waals surface area (Å²) >= 11 is 0. The van der Waals surface area contributed by atoms with E-state index in [0.717, 1.165) is 38.8 Å². The summed E-state index contributed by atoms with van der Waals surface area (Å²) in [6.07, 6.45) is 11.7. The molecule has 1 atom stereocenters. The molecule has 0 saturated carbocycles. The van der Waals surface area contributed by atoms with Gasteiger partial charge in [0.1, 0.15) is 5.60 Å². The van der Waals surface area contributed by atoms with Crippen molar-refractivity contribution in [1.82, 2.24) is 4.90 Å². The number of rotatable bonds is 11. The second-order valence-electron chi connectivity index (χ2n) is 8.34. The van der Waals surface area contributed by atoms with E-state index in [0.29, 0.717) is 12.3 Å². The molecule has 1 rings (SSSR count). The molecular weight excluding hydrogens is 318 g/mol. The summed E-state index contributed by atoms with van der Waals surface area (Å²) in [6, 6.07) is 0. The highest BCUT2D eigenvalue weighted by Gasteiger charge is 2.29. The number of nitrogens with zero attached hydrogens (tertiary/aromatic N) is 1. The van der Waals surface area contributed by atoms with Gasteiger partial charge in [0.2, 0.25) is 0 Å². The van der Waals surface area contributed by atoms with Gasteiger partial charge in [-0.15, -0.1) is 0 Å². The number of carbonyl (C=O) groups excluding carboxylic acids is 1. The lowest BCUT2D eigenvalue weighted by Gasteiger charge is -2.24. The molecule has 1 heterocycles. The summed E-state index contributed by atoms with van der Waals surface area (Å²) in [7, 11) is 0. The minimum absolute atomic E-state index is 0.169. The Labute approximate surface area is 153 Å². The molecule has 1 saturated heterocycles. The van der Waals surface area contributed by atoms with E-state index in [1.54, 1.807) is 0 Å². The Balaban J connectivity index is 1.96. The second-order valence-corrected chi connectivity index (χ2v) is 8.34. The maximum atomic E-state index is 12.0. The van der Waals surface area contributed by atoms with Crippen LogP contribution in [0.2, 0.25) is 0 Å². The van der Waals surface area contributed by atoms with Gasteiger partial charge in [0, 0.05) is 19.5 Å². The van der Waals surface area contributed by atoms with E-state index in [2.05, 4.69) is 0 Å². The summed E-state index contributed by atoms with van der Waals surface area (Å²) in [5, 5.41) is 8.57. The molecule has 0 radical (unpaired) electrons. The van der Waals surface area contributed by atoms with Crippen molar-refractivity contribution in [3.63, 3.8) is 0 Å². The highest BCUT2D eigenvalue weighted by atomic mass is 16.6. The molecule has 0 bridgehead atoms. The maximum Gasteiger partial charge on any atom is 0.410 e. The first-order valence-electron chi connectivity index (χ1n) is 9.97. The molecule has 0 aromatic heterocycles. The van der Waals surface area contributed by atoms with Crippen LogP contribution in [0.3, 0.4) is 0 Å². The fraction of sp³-hybridized carbons (Fsp3) is 0.900. The molecule has 5 heteroatoms. The molecule has 1 fully saturated rings. The molecule has 1 N–H and O–H groups in total. The third-order valence-electron chi connectivity index (χ3n) is 4.69. The Morgan fingerprint density at radius 3 is 2.12 bits per heavy atom. The number of ether oxygens (including phenoxy) is 1. The fourth-order valence-corrected chi connectivity index (χ4v) is 3.33. The zero-order valence-electron chi connectivity index (χ0n) is 16.4. The second kappa shape index (κ2) is 11.4. The normalized spacial score (nSPS) is 17.7. The molecule has 1 unspecified atom stereocenters. The Morgan fingerprint density at radius 2 is 1.56 bits per heavy atom. The molecule has 146 valence electrons. The van der Waals surface area contributed by atoms with Gasteiger partial charge >= 0.3 is 12.1 Å². The highest BCUT2D eigenvalue weighted by Crippen LogP contribution is 2.24. The van der Waals surface area contributed by atoms with Gasteiger partial charge in [0.05, 0.1) is 0 Å². The number of unbranched alkanes of at least 4 members (excludes halogenated alkanes) is 7. The minimum atomic E-state index is -0.683. The number of hydrogen-bond acceptors (Lipinski definition) is 3. The Kier molecular flexibility index (Phi) is 9.91. The van der Waals surface area contributed by atoms with Gasteiger partial charge < -0.3 is 14.7 Å². The van der Waals surface area contributed by atoms with Crippen LogP contribution in [0, 0.1) is 5.92 Å². The van der Waals surface area contributed by atoms with Crippen molar-refractivity contribution in [1.29, 1.82) is 0 Å². The molecular formula is C20H37NO4. The van der Waals surface area contributed by atoms with Gasteiger partial charge in [-0.25, -0.2) is 4.79 Å². The van der Waals surface area contributed by atoms with Gasteiger partial charge in [0.25, 0.3) is 0 Å². The first-order valence-corrected chi connectivity index (χ1v) is 9.97. The predicted octanol–water partition coefficient (Wildman–Crippen LogP) is 5.23. The number of likely N-dealkylation sites (tertiary alicyclic amines) is 1. The van der Waals surface area contributed by atoms with Crippen molar-refractivity contribution in [2.75, 3.05) is 13.1 Å². The smallest absolute Gasteiger partial charge is 0.410 e. The van der Waals surface area contributed by atoms with Crippen LogP contribution in [-0.2, 0) is 9.53 Å². The van der Waals surface area contributed by atoms with Gasteiger partial charge in [-0.2, -0.15) is 0 Å². The van der Waals surface area contributed by atoms with Gasteiger partial charge in [-0.3, -0.25) is 4.79 Å². The average Bonchev–Trinajstić information content (AvgIpc) is 2.96. The molecule has 0 aliphatic carbocycles. The van der Waals surface area contributed by atoms with E-state index in [4.69, 9.17) is 9.84 Å². The van der Waals surface area contributed by atoms with Crippen molar-refractivity contribution in [2.45, 2.75) is 97.0 Å². The van der Waals surface area contributed by atoms with Crippen LogP contribution >= 0.6 is 0 Å². The predicted molar refractivity (Wildman–Crippen MR) is 99.7 cm³/mol. The van der Waals surface area contributed by atoms with Crippen LogP contribution in [0.15, 0.2) is 0 Å². The van der Waals surface area contributed by atoms with Crippen molar-refractivity contribution < 1.29 is 19.4 Å². The van der Waals surface area contributed by atoms with E-state index >= 15 is 0 Å². The number of carboxylic acids is 1. The highest BCUT2D eigenvalue weighted by molar-refractivity contribution is 5.68. The van der Waals surface area contributed by atoms with Gasteiger partial charge in [-0.05, 0) is 46.0 Å². The van der Waals surface area contributed by atoms with Gasteiger partial charge in [0.15, 0.2) is 0 Å². The van der Waals surface area contributed by atoms with Crippen LogP contribution in [-0.4, -0.2) is 40.8 Å². The van der Waals surface area contributed by atoms with Crippen molar-refractivity contribution >= 4 is 12.1 Å². The maximum absolute atomic E-state index is 12.0. The Bertz CT molecular complexity index is 403. The summed E-state index contributed by atoms with van der Waals surface area (Å²) in [4.78, 5) is 24.3. The Hall–Kier alpha value is -1.26. The number of amides is 1. The summed E-state index contributed by atoms with van der Waals surface area (Å²) in [5.74, 6) is -0.0549. The molecule has 0 aromatic carbocycles. The summed E-state index contributed by atoms with van der Waals surface area (Å²) in [6.45, 7) is 7.40. The van der Waals surface area contributed by atoms with Crippen LogP contribution in [0.5, 0.6) is 0 Å². The summed E-state index contributed by atoms with van der Waals surface area (Å²) in [5.41, 5.74) is -0.414. The molecule has 1 aliphatic heterocycles. The van der Waals surface area contributed by atoms with Crippen LogP contribution < -0.4 is 0 Å². The lowest BCUT2D eigenvalue weighted by Crippen LogP contribution is -2.35. The third kappa shape index (κ3) is 11.1. The molecule has 0 aromatic rings. The van der Waals surface area contributed by atoms with Crippen LogP contribution in [0.25, 0.3) is 0 Å². The van der Waals surface area contributed by atoms with E-state index in [1.165, 1.54) is 38.5 Å². The quantitative estimate of drug-likeness (QED) is 0.515. The van der Waals surface area contributed by atoms with Crippen LogP contribution in [0.1, 0.15) is 91.4 Å². The molecule has 1 amide bonds. The number of carboxylic acid groups (broad SMARTS) is 1. The summed E-state index contributed by atoms with van der Waals surface area (Å²) < 4.78 is 5.44. The van der Waals surface area contributed by atoms with Crippen LogP contribution in [0.4, 0.5) is 4.79 Å². The van der Waals surface area contributed by atoms with E-state index in [9.17, 15) is 9.59 Å². The molecule has 1 aliphatic rings. The topological polar surface area (TPSA) is 66.8 Å². The van der Waals surface area contributed by atoms with Gasteiger partial charge in [-0.1, -0.05) is 44.9 Å². The number of hydrogen-bond donors (Lipinski definition) is 1. The SMILES string of the molecule is CC(C)(C)OC(=O)N1CCC(CCCCCCCCCCC(=O)O)C1. The van der Waals surface area contributed by atoms with Crippen molar-refractivity contribution in [3.8, 4) is 0 Å². The van der Waals surface area contributed by atoms with E-state index in [1.807, 2.05) is 25.7 Å². The largest absolute Gasteiger partial charge is 0.481 e. The number of carbonyl (C=O) groups is 2. The standard InChI is InChI=1S/C20H37NO4/c1-20(2,3)25-19(24)21-15-14-17(16-21)12-10-8-6-4-5-7-9-11-13-18(22)23/h17H,4-16H2,1-3H3,(H,22,23). The first kappa shape index (κ1) is 21.8. The van der Waals surface area contributed by atoms with E-state index in [-0.39, 0.29) is 6.09 Å². The Morgan fingerprint density at radius 1 is 1.00 bits per heavy atom. The van der Waals surface area contributed by atoms with Crippen molar-refractivity contribution in [2.24, 2.45) is 5.92 Å². The molecule has 0 spiro atoms. The fourth-order valence-electron chi connectivity index (χ4n) is 3.33. The molecule has 25 heavy (non-hydrogen) atoms. The average molecular weight is 356 g/mol. The minimum Gasteiger partial charge on any atom is -0.481 e. The lowest BCUT2D eigenvalue weighted by molar-refractivity contribution is -0.137. The third-order valence-corrected chi connectivity index (χ3v) is 4.69. The monoisotopic (exact) mass is 355 g/mol. The van der Waals surface area contributed by atoms with Crippen molar-refractivity contribution in [3.05, 3.63) is 0 Å². The van der Waals surface area contributed by atoms with E-state index < -0.39 is 11.6 Å². The zero-order chi connectivity index (χ0) is 18.7. The lowest BCUT2D eigenvalue weighted by atomic mass is 9.99. The zero-order valence-corrected chi connectivity index (χ0v) is 16.4. The first-order chi connectivity index (χ1) is 11.8. The number of aliphatic carboxylic acids is 1. The molecule has 5 nitrogen and oxygen atoms in total.